The van der Waals surface area contributed by atoms with Crippen LogP contribution >= 0.6 is 11.6 Å². The summed E-state index contributed by atoms with van der Waals surface area (Å²) in [4.78, 5) is 52.5. The lowest BCUT2D eigenvalue weighted by Gasteiger charge is -2.35. The van der Waals surface area contributed by atoms with Crippen molar-refractivity contribution in [2.45, 2.75) is 56.2 Å². The number of fused-ring (bicyclic) bond motifs is 2. The van der Waals surface area contributed by atoms with E-state index >= 15 is 0 Å². The molecule has 3 amide bonds. The molecule has 182 valence electrons. The number of nitrogens with zero attached hydrogens (tertiary/aromatic N) is 1. The SMILES string of the molecule is C[C@H]1CC[C@H](C(NC(=O)c2ccc3c(c2)OCC(=O)N3)C(=O)N2C[C@H](Cl)[C@H]3OCC(=O)[C@H]32)CC1. The first-order valence-electron chi connectivity index (χ1n) is 11.8. The number of likely N-dealkylation sites (tertiary alicyclic amines) is 1. The number of Topliss-reactive ketones (excluding diaryl/α,β-unsaturated/α-hetero) is 1. The van der Waals surface area contributed by atoms with Crippen molar-refractivity contribution in [3.63, 3.8) is 0 Å². The van der Waals surface area contributed by atoms with Crippen molar-refractivity contribution in [3.8, 4) is 5.75 Å². The zero-order valence-corrected chi connectivity index (χ0v) is 19.7. The second-order valence-electron chi connectivity index (χ2n) is 9.71. The van der Waals surface area contributed by atoms with Gasteiger partial charge in [-0.2, -0.15) is 0 Å². The number of carbonyl (C=O) groups is 4. The quantitative estimate of drug-likeness (QED) is 0.622. The first-order chi connectivity index (χ1) is 16.3. The fraction of sp³-hybridized carbons (Fsp3) is 0.583. The maximum Gasteiger partial charge on any atom is 0.262 e. The molecule has 2 N–H and O–H groups in total. The van der Waals surface area contributed by atoms with Crippen LogP contribution in [0.15, 0.2) is 18.2 Å². The number of benzene rings is 1. The number of rotatable bonds is 4. The molecule has 0 radical (unpaired) electrons. The molecule has 0 bridgehead atoms. The summed E-state index contributed by atoms with van der Waals surface area (Å²) in [5, 5.41) is 5.18. The van der Waals surface area contributed by atoms with Crippen LogP contribution in [0.3, 0.4) is 0 Å². The molecule has 9 nitrogen and oxygen atoms in total. The molecular weight excluding hydrogens is 462 g/mol. The van der Waals surface area contributed by atoms with Gasteiger partial charge in [-0.15, -0.1) is 11.6 Å². The highest BCUT2D eigenvalue weighted by Crippen LogP contribution is 2.35. The highest BCUT2D eigenvalue weighted by molar-refractivity contribution is 6.22. The predicted octanol–water partition coefficient (Wildman–Crippen LogP) is 1.73. The Balaban J connectivity index is 1.38. The van der Waals surface area contributed by atoms with E-state index in [0.29, 0.717) is 22.9 Å². The second kappa shape index (κ2) is 9.19. The minimum absolute atomic E-state index is 0.0361. The molecule has 2 saturated heterocycles. The Hall–Kier alpha value is -2.65. The van der Waals surface area contributed by atoms with Gasteiger partial charge < -0.3 is 25.0 Å². The molecule has 1 unspecified atom stereocenters. The van der Waals surface area contributed by atoms with E-state index in [-0.39, 0.29) is 43.3 Å². The first-order valence-corrected chi connectivity index (χ1v) is 12.2. The molecule has 3 aliphatic heterocycles. The average molecular weight is 490 g/mol. The summed E-state index contributed by atoms with van der Waals surface area (Å²) in [6.45, 7) is 2.23. The van der Waals surface area contributed by atoms with Crippen LogP contribution in [0.2, 0.25) is 0 Å². The third-order valence-electron chi connectivity index (χ3n) is 7.37. The number of ether oxygens (including phenoxy) is 2. The van der Waals surface area contributed by atoms with Crippen molar-refractivity contribution < 1.29 is 28.7 Å². The largest absolute Gasteiger partial charge is 0.482 e. The molecule has 5 rings (SSSR count). The van der Waals surface area contributed by atoms with Crippen LogP contribution in [0.1, 0.15) is 43.0 Å². The Morgan fingerprint density at radius 1 is 1.18 bits per heavy atom. The Bertz CT molecular complexity index is 1020. The van der Waals surface area contributed by atoms with Crippen LogP contribution in [-0.4, -0.2) is 71.7 Å². The Labute approximate surface area is 202 Å². The van der Waals surface area contributed by atoms with Gasteiger partial charge in [-0.1, -0.05) is 19.8 Å². The van der Waals surface area contributed by atoms with Crippen LogP contribution in [0.4, 0.5) is 5.69 Å². The van der Waals surface area contributed by atoms with E-state index in [1.54, 1.807) is 18.2 Å². The molecule has 0 spiro atoms. The topological polar surface area (TPSA) is 114 Å². The summed E-state index contributed by atoms with van der Waals surface area (Å²) in [6, 6.07) is 3.29. The summed E-state index contributed by atoms with van der Waals surface area (Å²) in [5.41, 5.74) is 0.823. The lowest BCUT2D eigenvalue weighted by Crippen LogP contribution is -2.55. The van der Waals surface area contributed by atoms with Gasteiger partial charge in [0.1, 0.15) is 30.5 Å². The highest BCUT2D eigenvalue weighted by atomic mass is 35.5. The van der Waals surface area contributed by atoms with Gasteiger partial charge in [-0.25, -0.2) is 0 Å². The second-order valence-corrected chi connectivity index (χ2v) is 10.3. The summed E-state index contributed by atoms with van der Waals surface area (Å²) in [6.07, 6.45) is 3.07. The number of nitrogens with one attached hydrogen (secondary N) is 2. The van der Waals surface area contributed by atoms with E-state index in [2.05, 4.69) is 17.6 Å². The lowest BCUT2D eigenvalue weighted by molar-refractivity contribution is -0.139. The number of alkyl halides is 1. The summed E-state index contributed by atoms with van der Waals surface area (Å²) < 4.78 is 11.0. The third-order valence-corrected chi connectivity index (χ3v) is 7.75. The van der Waals surface area contributed by atoms with Gasteiger partial charge in [0.05, 0.1) is 11.1 Å². The molecule has 34 heavy (non-hydrogen) atoms. The molecular formula is C24H28ClN3O6. The van der Waals surface area contributed by atoms with Gasteiger partial charge in [-0.05, 0) is 42.9 Å². The van der Waals surface area contributed by atoms with Crippen LogP contribution in [-0.2, 0) is 19.1 Å². The van der Waals surface area contributed by atoms with E-state index in [0.717, 1.165) is 25.7 Å². The fourth-order valence-corrected chi connectivity index (χ4v) is 5.80. The standard InChI is InChI=1S/C24H28ClN3O6/c1-12-2-4-13(5-3-12)20(24(32)28-9-15(25)22-21(28)17(29)10-34-22)27-23(31)14-6-7-16-18(8-14)33-11-19(30)26-16/h6-8,12-13,15,20-22H,2-5,9-11H2,1H3,(H,26,30)(H,27,31)/t12-,13-,15-,20?,21+,22+/m0/s1. The van der Waals surface area contributed by atoms with Crippen molar-refractivity contribution in [3.05, 3.63) is 23.8 Å². The van der Waals surface area contributed by atoms with Crippen molar-refractivity contribution in [2.75, 3.05) is 25.1 Å². The monoisotopic (exact) mass is 489 g/mol. The van der Waals surface area contributed by atoms with Gasteiger partial charge in [0.2, 0.25) is 5.91 Å². The van der Waals surface area contributed by atoms with Crippen molar-refractivity contribution in [1.29, 1.82) is 0 Å². The van der Waals surface area contributed by atoms with Crippen LogP contribution in [0, 0.1) is 11.8 Å². The van der Waals surface area contributed by atoms with E-state index in [4.69, 9.17) is 21.1 Å². The van der Waals surface area contributed by atoms with Crippen molar-refractivity contribution in [1.82, 2.24) is 10.2 Å². The molecule has 1 aromatic rings. The molecule has 4 atom stereocenters. The number of amides is 3. The van der Waals surface area contributed by atoms with Gasteiger partial charge in [0.15, 0.2) is 12.4 Å². The predicted molar refractivity (Wildman–Crippen MR) is 123 cm³/mol. The van der Waals surface area contributed by atoms with E-state index < -0.39 is 29.5 Å². The summed E-state index contributed by atoms with van der Waals surface area (Å²) >= 11 is 6.40. The molecule has 10 heteroatoms. The maximum atomic E-state index is 13.8. The Morgan fingerprint density at radius 2 is 1.94 bits per heavy atom. The Kier molecular flexibility index (Phi) is 6.24. The molecule has 1 aromatic carbocycles. The molecule has 1 saturated carbocycles. The maximum absolute atomic E-state index is 13.8. The molecule has 1 aliphatic carbocycles. The number of hydrogen-bond acceptors (Lipinski definition) is 6. The molecule has 0 aromatic heterocycles. The minimum Gasteiger partial charge on any atom is -0.482 e. The van der Waals surface area contributed by atoms with Crippen LogP contribution in [0.25, 0.3) is 0 Å². The van der Waals surface area contributed by atoms with E-state index in [1.807, 2.05) is 0 Å². The van der Waals surface area contributed by atoms with Crippen LogP contribution < -0.4 is 15.4 Å². The van der Waals surface area contributed by atoms with Gasteiger partial charge in [0.25, 0.3) is 11.8 Å². The van der Waals surface area contributed by atoms with Crippen molar-refractivity contribution >= 4 is 40.8 Å². The van der Waals surface area contributed by atoms with Gasteiger partial charge >= 0.3 is 0 Å². The van der Waals surface area contributed by atoms with Gasteiger partial charge in [-0.3, -0.25) is 19.2 Å². The van der Waals surface area contributed by atoms with Crippen LogP contribution in [0.5, 0.6) is 5.75 Å². The lowest BCUT2D eigenvalue weighted by atomic mass is 9.78. The van der Waals surface area contributed by atoms with Crippen molar-refractivity contribution in [2.24, 2.45) is 11.8 Å². The minimum atomic E-state index is -0.771. The number of anilines is 1. The van der Waals surface area contributed by atoms with Gasteiger partial charge in [0, 0.05) is 12.1 Å². The zero-order valence-electron chi connectivity index (χ0n) is 18.9. The zero-order chi connectivity index (χ0) is 24.0. The number of halogens is 1. The first kappa shape index (κ1) is 23.1. The molecule has 4 aliphatic rings. The summed E-state index contributed by atoms with van der Waals surface area (Å²) in [5.74, 6) is -0.164. The fourth-order valence-electron chi connectivity index (χ4n) is 5.44. The smallest absolute Gasteiger partial charge is 0.262 e. The van der Waals surface area contributed by atoms with E-state index in [1.165, 1.54) is 4.90 Å². The normalized spacial score (nSPS) is 31.2. The summed E-state index contributed by atoms with van der Waals surface area (Å²) in [7, 11) is 0. The molecule has 3 fully saturated rings. The number of carbonyl (C=O) groups excluding carboxylic acids is 4. The Morgan fingerprint density at radius 3 is 2.71 bits per heavy atom. The van der Waals surface area contributed by atoms with E-state index in [9.17, 15) is 19.2 Å². The number of hydrogen-bond donors (Lipinski definition) is 2. The molecule has 3 heterocycles. The highest BCUT2D eigenvalue weighted by Gasteiger charge is 2.53. The average Bonchev–Trinajstić information content (AvgIpc) is 3.37. The third kappa shape index (κ3) is 4.27. The number of ketones is 1.